The molecule has 1 aromatic carbocycles. The van der Waals surface area contributed by atoms with Crippen molar-refractivity contribution in [2.75, 3.05) is 14.2 Å². The van der Waals surface area contributed by atoms with Crippen LogP contribution in [0, 0.1) is 0 Å². The Hall–Kier alpha value is -1.88. The molecular formula is C18H22N2O2S. The van der Waals surface area contributed by atoms with Crippen molar-refractivity contribution in [2.45, 2.75) is 38.1 Å². The number of methoxy groups -OCH3 is 1. The van der Waals surface area contributed by atoms with Gasteiger partial charge in [-0.25, -0.2) is 0 Å². The molecule has 1 saturated heterocycles. The lowest BCUT2D eigenvalue weighted by Gasteiger charge is -2.30. The summed E-state index contributed by atoms with van der Waals surface area (Å²) in [6, 6.07) is 7.93. The molecule has 1 aromatic rings. The fraction of sp³-hybridized carbons (Fsp3) is 0.444. The second-order valence-electron chi connectivity index (χ2n) is 6.08. The molecule has 1 aliphatic carbocycles. The van der Waals surface area contributed by atoms with E-state index in [1.807, 2.05) is 47.2 Å². The van der Waals surface area contributed by atoms with Crippen molar-refractivity contribution in [1.29, 1.82) is 0 Å². The molecule has 1 amide bonds. The lowest BCUT2D eigenvalue weighted by molar-refractivity contribution is -0.124. The smallest absolute Gasteiger partial charge is 0.277 e. The quantitative estimate of drug-likeness (QED) is 0.628. The highest BCUT2D eigenvalue weighted by atomic mass is 32.1. The van der Waals surface area contributed by atoms with Crippen LogP contribution in [0.4, 0.5) is 0 Å². The third-order valence-electron chi connectivity index (χ3n) is 4.66. The topological polar surface area (TPSA) is 32.8 Å². The summed E-state index contributed by atoms with van der Waals surface area (Å²) in [4.78, 5) is 16.6. The van der Waals surface area contributed by atoms with E-state index in [2.05, 4.69) is 0 Å². The van der Waals surface area contributed by atoms with E-state index in [9.17, 15) is 4.79 Å². The van der Waals surface area contributed by atoms with Gasteiger partial charge in [0.25, 0.3) is 5.91 Å². The second kappa shape index (κ2) is 6.71. The predicted molar refractivity (Wildman–Crippen MR) is 95.1 cm³/mol. The zero-order valence-corrected chi connectivity index (χ0v) is 14.4. The lowest BCUT2D eigenvalue weighted by Crippen LogP contribution is -2.41. The van der Waals surface area contributed by atoms with Gasteiger partial charge in [-0.05, 0) is 37.2 Å². The van der Waals surface area contributed by atoms with Crippen LogP contribution in [0.3, 0.4) is 0 Å². The Labute approximate surface area is 142 Å². The molecule has 122 valence electrons. The first-order valence-corrected chi connectivity index (χ1v) is 8.50. The number of thiocarbonyl (C=S) groups is 1. The maximum atomic E-state index is 12.9. The van der Waals surface area contributed by atoms with Crippen LogP contribution in [0.1, 0.15) is 37.7 Å². The molecule has 0 spiro atoms. The fourth-order valence-corrected chi connectivity index (χ4v) is 3.70. The number of hydrogen-bond donors (Lipinski definition) is 0. The first kappa shape index (κ1) is 16.0. The molecule has 23 heavy (non-hydrogen) atoms. The number of hydrogen-bond acceptors (Lipinski definition) is 3. The average Bonchev–Trinajstić information content (AvgIpc) is 2.80. The molecule has 1 saturated carbocycles. The summed E-state index contributed by atoms with van der Waals surface area (Å²) in [5.74, 6) is 0.763. The van der Waals surface area contributed by atoms with E-state index in [-0.39, 0.29) is 11.9 Å². The molecular weight excluding hydrogens is 308 g/mol. The van der Waals surface area contributed by atoms with Gasteiger partial charge in [-0.1, -0.05) is 37.5 Å². The molecule has 2 aliphatic rings. The lowest BCUT2D eigenvalue weighted by atomic mass is 9.94. The van der Waals surface area contributed by atoms with Gasteiger partial charge >= 0.3 is 0 Å². The van der Waals surface area contributed by atoms with Gasteiger partial charge in [-0.3, -0.25) is 9.69 Å². The van der Waals surface area contributed by atoms with Crippen LogP contribution >= 0.6 is 12.2 Å². The van der Waals surface area contributed by atoms with Crippen molar-refractivity contribution >= 4 is 29.3 Å². The minimum absolute atomic E-state index is 0.00954. The highest BCUT2D eigenvalue weighted by molar-refractivity contribution is 7.80. The number of carbonyl (C=O) groups excluding carboxylic acids is 1. The van der Waals surface area contributed by atoms with E-state index < -0.39 is 0 Å². The van der Waals surface area contributed by atoms with Crippen molar-refractivity contribution in [3.63, 3.8) is 0 Å². The Kier molecular flexibility index (Phi) is 4.66. The van der Waals surface area contributed by atoms with E-state index in [1.165, 1.54) is 19.3 Å². The molecule has 4 nitrogen and oxygen atoms in total. The van der Waals surface area contributed by atoms with E-state index in [0.29, 0.717) is 10.8 Å². The Bertz CT molecular complexity index is 650. The molecule has 2 fully saturated rings. The van der Waals surface area contributed by atoms with Crippen molar-refractivity contribution < 1.29 is 9.53 Å². The number of nitrogens with zero attached hydrogens (tertiary/aromatic N) is 2. The van der Waals surface area contributed by atoms with Gasteiger partial charge in [-0.15, -0.1) is 0 Å². The zero-order valence-electron chi connectivity index (χ0n) is 13.6. The van der Waals surface area contributed by atoms with E-state index in [0.717, 1.165) is 24.2 Å². The Morgan fingerprint density at radius 2 is 1.91 bits per heavy atom. The molecule has 0 atom stereocenters. The van der Waals surface area contributed by atoms with Crippen molar-refractivity contribution in [3.8, 4) is 5.75 Å². The van der Waals surface area contributed by atoms with E-state index in [1.54, 1.807) is 7.11 Å². The summed E-state index contributed by atoms with van der Waals surface area (Å²) < 4.78 is 5.38. The molecule has 0 N–H and O–H groups in total. The van der Waals surface area contributed by atoms with Gasteiger partial charge in [0.15, 0.2) is 5.11 Å². The standard InChI is InChI=1S/C18H22N2O2S/c1-19-15(12-13-8-6-7-11-16(13)22-2)17(21)20(18(19)23)14-9-4-3-5-10-14/h6-8,11-12,14H,3-5,9-10H2,1-2H3. The van der Waals surface area contributed by atoms with Crippen LogP contribution in [0.15, 0.2) is 30.0 Å². The summed E-state index contributed by atoms with van der Waals surface area (Å²) >= 11 is 5.53. The molecule has 3 rings (SSSR count). The molecule has 1 aliphatic heterocycles. The van der Waals surface area contributed by atoms with Gasteiger partial charge in [0.2, 0.25) is 0 Å². The summed E-state index contributed by atoms with van der Waals surface area (Å²) in [6.45, 7) is 0. The minimum Gasteiger partial charge on any atom is -0.496 e. The van der Waals surface area contributed by atoms with Crippen molar-refractivity contribution in [3.05, 3.63) is 35.5 Å². The third-order valence-corrected chi connectivity index (χ3v) is 5.13. The predicted octanol–water partition coefficient (Wildman–Crippen LogP) is 3.43. The highest BCUT2D eigenvalue weighted by Gasteiger charge is 2.40. The van der Waals surface area contributed by atoms with Crippen molar-refractivity contribution in [1.82, 2.24) is 9.80 Å². The van der Waals surface area contributed by atoms with E-state index in [4.69, 9.17) is 17.0 Å². The minimum atomic E-state index is 0.00954. The van der Waals surface area contributed by atoms with Gasteiger partial charge < -0.3 is 9.64 Å². The Morgan fingerprint density at radius 1 is 1.22 bits per heavy atom. The Morgan fingerprint density at radius 3 is 2.61 bits per heavy atom. The summed E-state index contributed by atoms with van der Waals surface area (Å²) in [6.07, 6.45) is 7.56. The average molecular weight is 330 g/mol. The first-order valence-electron chi connectivity index (χ1n) is 8.09. The number of benzene rings is 1. The number of para-hydroxylation sites is 1. The van der Waals surface area contributed by atoms with Crippen LogP contribution in [-0.2, 0) is 4.79 Å². The van der Waals surface area contributed by atoms with Gasteiger partial charge in [0.05, 0.1) is 7.11 Å². The van der Waals surface area contributed by atoms with Crippen molar-refractivity contribution in [2.24, 2.45) is 0 Å². The monoisotopic (exact) mass is 330 g/mol. The maximum absolute atomic E-state index is 12.9. The van der Waals surface area contributed by atoms with E-state index >= 15 is 0 Å². The number of likely N-dealkylation sites (N-methyl/N-ethyl adjacent to an activating group) is 1. The molecule has 1 heterocycles. The van der Waals surface area contributed by atoms with Crippen LogP contribution in [0.5, 0.6) is 5.75 Å². The zero-order chi connectivity index (χ0) is 16.4. The highest BCUT2D eigenvalue weighted by Crippen LogP contribution is 2.31. The molecule has 5 heteroatoms. The summed E-state index contributed by atoms with van der Waals surface area (Å²) in [5, 5.41) is 0.614. The van der Waals surface area contributed by atoms with Gasteiger partial charge in [0, 0.05) is 18.7 Å². The molecule has 0 radical (unpaired) electrons. The van der Waals surface area contributed by atoms with Crippen LogP contribution in [0.25, 0.3) is 6.08 Å². The molecule has 0 aromatic heterocycles. The number of rotatable bonds is 3. The SMILES string of the molecule is COc1ccccc1C=C1C(=O)N(C2CCCCC2)C(=S)N1C. The molecule has 0 unspecified atom stereocenters. The van der Waals surface area contributed by atoms with Crippen LogP contribution in [0.2, 0.25) is 0 Å². The normalized spacial score (nSPS) is 21.4. The summed E-state index contributed by atoms with van der Waals surface area (Å²) in [7, 11) is 3.50. The fourth-order valence-electron chi connectivity index (χ4n) is 3.37. The maximum Gasteiger partial charge on any atom is 0.277 e. The van der Waals surface area contributed by atoms with Gasteiger partial charge in [-0.2, -0.15) is 0 Å². The van der Waals surface area contributed by atoms with Crippen LogP contribution in [-0.4, -0.2) is 41.0 Å². The number of amides is 1. The molecule has 0 bridgehead atoms. The first-order chi connectivity index (χ1) is 11.1. The third kappa shape index (κ3) is 2.98. The second-order valence-corrected chi connectivity index (χ2v) is 6.45. The van der Waals surface area contributed by atoms with Gasteiger partial charge in [0.1, 0.15) is 11.4 Å². The Balaban J connectivity index is 1.92. The van der Waals surface area contributed by atoms with Crippen LogP contribution < -0.4 is 4.74 Å². The summed E-state index contributed by atoms with van der Waals surface area (Å²) in [5.41, 5.74) is 1.50. The number of carbonyl (C=O) groups is 1. The number of ether oxygens (including phenoxy) is 1. The largest absolute Gasteiger partial charge is 0.496 e.